The predicted octanol–water partition coefficient (Wildman–Crippen LogP) is 4.45. The average molecular weight is 319 g/mol. The van der Waals surface area contributed by atoms with Crippen LogP contribution in [0.4, 0.5) is 10.5 Å². The molecule has 1 aromatic rings. The third-order valence-corrected chi connectivity index (χ3v) is 4.16. The summed E-state index contributed by atoms with van der Waals surface area (Å²) in [5.74, 6) is 0.628. The van der Waals surface area contributed by atoms with E-state index >= 15 is 0 Å². The zero-order valence-electron chi connectivity index (χ0n) is 13.7. The third kappa shape index (κ3) is 3.88. The van der Waals surface area contributed by atoms with Crippen LogP contribution in [0.2, 0.25) is 0 Å². The van der Waals surface area contributed by atoms with Crippen LogP contribution >= 0.6 is 0 Å². The van der Waals surface area contributed by atoms with E-state index in [2.05, 4.69) is 37.7 Å². The van der Waals surface area contributed by atoms with Crippen molar-refractivity contribution in [3.8, 4) is 5.75 Å². The number of hydrogen-bond donors (Lipinski definition) is 0. The van der Waals surface area contributed by atoms with Gasteiger partial charge in [-0.2, -0.15) is 0 Å². The number of nitrogens with zero attached hydrogens (tertiary/aromatic N) is 1. The van der Waals surface area contributed by atoms with Gasteiger partial charge in [-0.05, 0) is 23.8 Å². The maximum absolute atomic E-state index is 11.4. The number of methoxy groups -OCH3 is 1. The van der Waals surface area contributed by atoms with Gasteiger partial charge in [-0.3, -0.25) is 10.1 Å². The number of allylic oxidation sites excluding steroid dienone is 2. The van der Waals surface area contributed by atoms with Gasteiger partial charge in [-0.15, -0.1) is 0 Å². The van der Waals surface area contributed by atoms with E-state index in [0.29, 0.717) is 5.92 Å². The number of carbonyl (C=O) groups excluding carboxylic acids is 1. The number of nitro groups is 1. The monoisotopic (exact) mass is 319 g/mol. The van der Waals surface area contributed by atoms with Crippen molar-refractivity contribution in [3.63, 3.8) is 0 Å². The van der Waals surface area contributed by atoms with E-state index in [9.17, 15) is 14.9 Å². The summed E-state index contributed by atoms with van der Waals surface area (Å²) in [7, 11) is 1.20. The van der Waals surface area contributed by atoms with Gasteiger partial charge >= 0.3 is 6.16 Å². The SMILES string of the molecule is COC(=O)Oc1cc([N+](=O)[O-])ccc1C1C=CC(C(C)(C)C)C1. The number of carbonyl (C=O) groups is 1. The molecule has 2 unspecified atom stereocenters. The number of non-ortho nitro benzene ring substituents is 1. The van der Waals surface area contributed by atoms with Crippen LogP contribution in [0, 0.1) is 21.4 Å². The molecule has 6 nitrogen and oxygen atoms in total. The Morgan fingerprint density at radius 3 is 2.52 bits per heavy atom. The lowest BCUT2D eigenvalue weighted by atomic mass is 9.78. The van der Waals surface area contributed by atoms with Gasteiger partial charge in [0.25, 0.3) is 5.69 Å². The van der Waals surface area contributed by atoms with Crippen LogP contribution in [-0.4, -0.2) is 18.2 Å². The summed E-state index contributed by atoms with van der Waals surface area (Å²) in [6.45, 7) is 6.52. The highest BCUT2D eigenvalue weighted by Gasteiger charge is 2.31. The van der Waals surface area contributed by atoms with Gasteiger partial charge in [-0.1, -0.05) is 32.9 Å². The Kier molecular flexibility index (Phi) is 4.73. The summed E-state index contributed by atoms with van der Waals surface area (Å²) in [5, 5.41) is 10.9. The van der Waals surface area contributed by atoms with Crippen LogP contribution in [0.1, 0.15) is 38.7 Å². The molecule has 2 atom stereocenters. The molecule has 0 aromatic heterocycles. The lowest BCUT2D eigenvalue weighted by Gasteiger charge is -2.26. The Labute approximate surface area is 135 Å². The smallest absolute Gasteiger partial charge is 0.437 e. The van der Waals surface area contributed by atoms with Crippen LogP contribution in [0.5, 0.6) is 5.75 Å². The molecule has 0 spiro atoms. The number of nitro benzene ring substituents is 1. The fraction of sp³-hybridized carbons (Fsp3) is 0.471. The highest BCUT2D eigenvalue weighted by atomic mass is 16.7. The fourth-order valence-electron chi connectivity index (χ4n) is 2.73. The van der Waals surface area contributed by atoms with Crippen LogP contribution in [-0.2, 0) is 4.74 Å². The third-order valence-electron chi connectivity index (χ3n) is 4.16. The quantitative estimate of drug-likeness (QED) is 0.270. The molecular weight excluding hydrogens is 298 g/mol. The zero-order chi connectivity index (χ0) is 17.2. The van der Waals surface area contributed by atoms with Gasteiger partial charge in [0.2, 0.25) is 0 Å². The van der Waals surface area contributed by atoms with Gasteiger partial charge in [0.15, 0.2) is 0 Å². The van der Waals surface area contributed by atoms with Crippen LogP contribution in [0.15, 0.2) is 30.4 Å². The van der Waals surface area contributed by atoms with Crippen LogP contribution < -0.4 is 4.74 Å². The molecule has 1 aromatic carbocycles. The van der Waals surface area contributed by atoms with Crippen molar-refractivity contribution >= 4 is 11.8 Å². The standard InChI is InChI=1S/C17H21NO5/c1-17(2,3)12-6-5-11(9-12)14-8-7-13(18(20)21)10-15(14)23-16(19)22-4/h5-8,10-12H,9H2,1-4H3. The van der Waals surface area contributed by atoms with Crippen molar-refractivity contribution in [2.24, 2.45) is 11.3 Å². The molecule has 0 bridgehead atoms. The zero-order valence-corrected chi connectivity index (χ0v) is 13.7. The second kappa shape index (κ2) is 6.40. The molecule has 0 heterocycles. The van der Waals surface area contributed by atoms with Crippen molar-refractivity contribution in [3.05, 3.63) is 46.0 Å². The summed E-state index contributed by atoms with van der Waals surface area (Å²) in [6, 6.07) is 4.35. The first-order valence-corrected chi connectivity index (χ1v) is 7.45. The summed E-state index contributed by atoms with van der Waals surface area (Å²) >= 11 is 0. The lowest BCUT2D eigenvalue weighted by molar-refractivity contribution is -0.384. The van der Waals surface area contributed by atoms with Gasteiger partial charge in [0.05, 0.1) is 18.1 Å². The highest BCUT2D eigenvalue weighted by Crippen LogP contribution is 2.44. The second-order valence-electron chi connectivity index (χ2n) is 6.74. The average Bonchev–Trinajstić information content (AvgIpc) is 2.96. The molecule has 1 aliphatic rings. The summed E-state index contributed by atoms with van der Waals surface area (Å²) in [4.78, 5) is 21.8. The minimum absolute atomic E-state index is 0.0553. The molecule has 0 amide bonds. The first-order valence-electron chi connectivity index (χ1n) is 7.45. The maximum Gasteiger partial charge on any atom is 0.513 e. The molecule has 0 N–H and O–H groups in total. The van der Waals surface area contributed by atoms with Crippen LogP contribution in [0.25, 0.3) is 0 Å². The molecule has 124 valence electrons. The minimum atomic E-state index is -0.888. The molecule has 0 aliphatic heterocycles. The summed E-state index contributed by atoms with van der Waals surface area (Å²) in [5.41, 5.74) is 0.765. The van der Waals surface area contributed by atoms with E-state index in [1.165, 1.54) is 19.2 Å². The van der Waals surface area contributed by atoms with Gasteiger partial charge < -0.3 is 9.47 Å². The topological polar surface area (TPSA) is 78.7 Å². The van der Waals surface area contributed by atoms with E-state index in [0.717, 1.165) is 12.0 Å². The van der Waals surface area contributed by atoms with E-state index < -0.39 is 11.1 Å². The van der Waals surface area contributed by atoms with Crippen molar-refractivity contribution in [1.82, 2.24) is 0 Å². The lowest BCUT2D eigenvalue weighted by Crippen LogP contribution is -2.17. The summed E-state index contributed by atoms with van der Waals surface area (Å²) < 4.78 is 9.62. The van der Waals surface area contributed by atoms with Crippen molar-refractivity contribution in [1.29, 1.82) is 0 Å². The number of rotatable bonds is 3. The summed E-state index contributed by atoms with van der Waals surface area (Å²) in [6.07, 6.45) is 4.22. The Balaban J connectivity index is 2.33. The molecule has 0 saturated heterocycles. The Hall–Kier alpha value is -2.37. The first kappa shape index (κ1) is 17.0. The molecular formula is C17H21NO5. The fourth-order valence-corrected chi connectivity index (χ4v) is 2.73. The normalized spacial score (nSPS) is 20.3. The molecule has 0 radical (unpaired) electrons. The molecule has 2 rings (SSSR count). The highest BCUT2D eigenvalue weighted by molar-refractivity contribution is 5.65. The Morgan fingerprint density at radius 2 is 2.00 bits per heavy atom. The molecule has 0 saturated carbocycles. The first-order chi connectivity index (χ1) is 10.7. The molecule has 6 heteroatoms. The van der Waals surface area contributed by atoms with E-state index in [-0.39, 0.29) is 22.8 Å². The van der Waals surface area contributed by atoms with Crippen LogP contribution in [0.3, 0.4) is 0 Å². The Bertz CT molecular complexity index is 645. The minimum Gasteiger partial charge on any atom is -0.437 e. The van der Waals surface area contributed by atoms with Crippen molar-refractivity contribution in [2.45, 2.75) is 33.1 Å². The van der Waals surface area contributed by atoms with Crippen molar-refractivity contribution < 1.29 is 19.2 Å². The molecule has 1 aliphatic carbocycles. The number of hydrogen-bond acceptors (Lipinski definition) is 5. The second-order valence-corrected chi connectivity index (χ2v) is 6.74. The Morgan fingerprint density at radius 1 is 1.30 bits per heavy atom. The van der Waals surface area contributed by atoms with Gasteiger partial charge in [0.1, 0.15) is 5.75 Å². The number of benzene rings is 1. The van der Waals surface area contributed by atoms with Crippen molar-refractivity contribution in [2.75, 3.05) is 7.11 Å². The number of ether oxygens (including phenoxy) is 2. The van der Waals surface area contributed by atoms with E-state index in [1.807, 2.05) is 0 Å². The van der Waals surface area contributed by atoms with E-state index in [1.54, 1.807) is 6.07 Å². The largest absolute Gasteiger partial charge is 0.513 e. The molecule has 23 heavy (non-hydrogen) atoms. The van der Waals surface area contributed by atoms with Gasteiger partial charge in [0, 0.05) is 17.5 Å². The molecule has 0 fully saturated rings. The maximum atomic E-state index is 11.4. The predicted molar refractivity (Wildman–Crippen MR) is 85.6 cm³/mol. The van der Waals surface area contributed by atoms with E-state index in [4.69, 9.17) is 4.74 Å². The van der Waals surface area contributed by atoms with Gasteiger partial charge in [-0.25, -0.2) is 4.79 Å².